The number of rotatable bonds is 2. The van der Waals surface area contributed by atoms with E-state index in [4.69, 9.17) is 9.47 Å². The van der Waals surface area contributed by atoms with Crippen LogP contribution in [0.4, 0.5) is 0 Å². The highest BCUT2D eigenvalue weighted by Gasteiger charge is 2.22. The molecule has 0 saturated heterocycles. The molecular weight excluding hydrogens is 328 g/mol. The molecule has 0 N–H and O–H groups in total. The minimum absolute atomic E-state index is 0.608. The molecule has 1 aliphatic heterocycles. The molecule has 3 aromatic rings. The number of fused-ring (bicyclic) bond motifs is 4. The molecule has 1 aliphatic carbocycles. The Bertz CT molecular complexity index is 907. The molecule has 2 aliphatic rings. The molecule has 0 fully saturated rings. The summed E-state index contributed by atoms with van der Waals surface area (Å²) in [7, 11) is 0. The fourth-order valence-corrected chi connectivity index (χ4v) is 5.42. The van der Waals surface area contributed by atoms with Crippen molar-refractivity contribution in [2.24, 2.45) is 0 Å². The van der Waals surface area contributed by atoms with Crippen molar-refractivity contribution < 1.29 is 9.47 Å². The van der Waals surface area contributed by atoms with Crippen molar-refractivity contribution in [1.29, 1.82) is 0 Å². The fourth-order valence-electron chi connectivity index (χ4n) is 3.18. The van der Waals surface area contributed by atoms with E-state index in [-0.39, 0.29) is 0 Å². The summed E-state index contributed by atoms with van der Waals surface area (Å²) in [5.41, 5.74) is 1.46. The Balaban J connectivity index is 1.56. The summed E-state index contributed by atoms with van der Waals surface area (Å²) in [6.07, 6.45) is 5.26. The zero-order valence-electron chi connectivity index (χ0n) is 12.4. The highest BCUT2D eigenvalue weighted by Crippen LogP contribution is 2.43. The molecule has 0 radical (unpaired) electrons. The lowest BCUT2D eigenvalue weighted by molar-refractivity contribution is 0.171. The van der Waals surface area contributed by atoms with Crippen LogP contribution in [-0.2, 0) is 12.8 Å². The molecule has 0 bridgehead atoms. The Morgan fingerprint density at radius 2 is 1.96 bits per heavy atom. The van der Waals surface area contributed by atoms with Gasteiger partial charge in [-0.25, -0.2) is 9.97 Å². The first-order valence-electron chi connectivity index (χ1n) is 7.71. The van der Waals surface area contributed by atoms with Crippen LogP contribution in [0.1, 0.15) is 16.9 Å². The smallest absolute Gasteiger partial charge is 0.162 e. The zero-order chi connectivity index (χ0) is 15.2. The molecule has 2 aromatic heterocycles. The van der Waals surface area contributed by atoms with Gasteiger partial charge in [-0.15, -0.1) is 11.3 Å². The van der Waals surface area contributed by atoms with Gasteiger partial charge in [0.2, 0.25) is 0 Å². The van der Waals surface area contributed by atoms with Crippen molar-refractivity contribution >= 4 is 33.3 Å². The summed E-state index contributed by atoms with van der Waals surface area (Å²) in [5.74, 6) is 1.65. The van der Waals surface area contributed by atoms with Crippen LogP contribution in [0.5, 0.6) is 11.5 Å². The topological polar surface area (TPSA) is 44.2 Å². The Morgan fingerprint density at radius 1 is 1.04 bits per heavy atom. The maximum Gasteiger partial charge on any atom is 0.162 e. The standard InChI is InChI=1S/C17H14N2O2S2/c1-2-11-14(3-1)23-17-15(11)16(18-9-19-17)22-10-4-5-12-13(8-10)21-7-6-20-12/h4-5,8-9H,1-3,6-7H2. The lowest BCUT2D eigenvalue weighted by atomic mass is 10.2. The van der Waals surface area contributed by atoms with Gasteiger partial charge in [-0.2, -0.15) is 0 Å². The van der Waals surface area contributed by atoms with E-state index in [1.807, 2.05) is 23.5 Å². The van der Waals surface area contributed by atoms with Gasteiger partial charge >= 0.3 is 0 Å². The lowest BCUT2D eigenvalue weighted by Gasteiger charge is -2.18. The van der Waals surface area contributed by atoms with Crippen molar-refractivity contribution in [3.63, 3.8) is 0 Å². The molecular formula is C17H14N2O2S2. The van der Waals surface area contributed by atoms with Crippen molar-refractivity contribution in [2.75, 3.05) is 13.2 Å². The maximum atomic E-state index is 5.68. The van der Waals surface area contributed by atoms with Crippen LogP contribution in [0, 0.1) is 0 Å². The first-order chi connectivity index (χ1) is 11.4. The van der Waals surface area contributed by atoms with E-state index in [0.717, 1.165) is 32.7 Å². The monoisotopic (exact) mass is 342 g/mol. The van der Waals surface area contributed by atoms with E-state index in [9.17, 15) is 0 Å². The van der Waals surface area contributed by atoms with E-state index in [2.05, 4.69) is 16.0 Å². The van der Waals surface area contributed by atoms with E-state index < -0.39 is 0 Å². The largest absolute Gasteiger partial charge is 0.486 e. The third-order valence-electron chi connectivity index (χ3n) is 4.19. The molecule has 4 nitrogen and oxygen atoms in total. The molecule has 0 unspecified atom stereocenters. The number of thiophene rings is 1. The second kappa shape index (κ2) is 5.39. The van der Waals surface area contributed by atoms with Gasteiger partial charge in [-0.1, -0.05) is 11.8 Å². The maximum absolute atomic E-state index is 5.68. The van der Waals surface area contributed by atoms with E-state index >= 15 is 0 Å². The van der Waals surface area contributed by atoms with E-state index in [1.54, 1.807) is 18.1 Å². The third-order valence-corrected chi connectivity index (χ3v) is 6.39. The summed E-state index contributed by atoms with van der Waals surface area (Å²) < 4.78 is 11.3. The SMILES string of the molecule is c1nc(Sc2ccc3c(c2)OCCO3)c2c3c(sc2n1)CCC3. The summed E-state index contributed by atoms with van der Waals surface area (Å²) in [6.45, 7) is 1.23. The molecule has 23 heavy (non-hydrogen) atoms. The third kappa shape index (κ3) is 2.28. The van der Waals surface area contributed by atoms with Crippen LogP contribution < -0.4 is 9.47 Å². The number of aromatic nitrogens is 2. The molecule has 6 heteroatoms. The molecule has 5 rings (SSSR count). The Labute approximate surface area is 141 Å². The van der Waals surface area contributed by atoms with E-state index in [1.165, 1.54) is 28.7 Å². The van der Waals surface area contributed by atoms with Crippen molar-refractivity contribution in [3.05, 3.63) is 35.0 Å². The number of ether oxygens (including phenoxy) is 2. The second-order valence-corrected chi connectivity index (χ2v) is 7.77. The van der Waals surface area contributed by atoms with E-state index in [0.29, 0.717) is 13.2 Å². The predicted molar refractivity (Wildman–Crippen MR) is 91.0 cm³/mol. The Hall–Kier alpha value is -1.79. The average Bonchev–Trinajstić information content (AvgIpc) is 3.16. The van der Waals surface area contributed by atoms with Crippen LogP contribution >= 0.6 is 23.1 Å². The number of hydrogen-bond acceptors (Lipinski definition) is 6. The summed E-state index contributed by atoms with van der Waals surface area (Å²) >= 11 is 3.51. The minimum Gasteiger partial charge on any atom is -0.486 e. The number of benzene rings is 1. The van der Waals surface area contributed by atoms with Crippen LogP contribution in [-0.4, -0.2) is 23.2 Å². The van der Waals surface area contributed by atoms with Crippen LogP contribution in [0.3, 0.4) is 0 Å². The van der Waals surface area contributed by atoms with Gasteiger partial charge in [-0.3, -0.25) is 0 Å². The second-order valence-electron chi connectivity index (χ2n) is 5.62. The molecule has 0 amide bonds. The predicted octanol–water partition coefficient (Wildman–Crippen LogP) is 4.10. The normalized spacial score (nSPS) is 15.8. The van der Waals surface area contributed by atoms with Crippen LogP contribution in [0.2, 0.25) is 0 Å². The van der Waals surface area contributed by atoms with Crippen LogP contribution in [0.15, 0.2) is 34.4 Å². The number of nitrogens with zero attached hydrogens (tertiary/aromatic N) is 2. The Kier molecular flexibility index (Phi) is 3.19. The van der Waals surface area contributed by atoms with Gasteiger partial charge < -0.3 is 9.47 Å². The average molecular weight is 342 g/mol. The zero-order valence-corrected chi connectivity index (χ0v) is 14.0. The molecule has 0 atom stereocenters. The van der Waals surface area contributed by atoms with Gasteiger partial charge in [0, 0.05) is 15.2 Å². The lowest BCUT2D eigenvalue weighted by Crippen LogP contribution is -2.15. The highest BCUT2D eigenvalue weighted by atomic mass is 32.2. The number of aryl methyl sites for hydroxylation is 2. The molecule has 0 spiro atoms. The molecule has 3 heterocycles. The van der Waals surface area contributed by atoms with Crippen LogP contribution in [0.25, 0.3) is 10.2 Å². The van der Waals surface area contributed by atoms with Crippen molar-refractivity contribution in [3.8, 4) is 11.5 Å². The summed E-state index contributed by atoms with van der Waals surface area (Å²) in [6, 6.07) is 6.09. The minimum atomic E-state index is 0.608. The fraction of sp³-hybridized carbons (Fsp3) is 0.294. The summed E-state index contributed by atoms with van der Waals surface area (Å²) in [5, 5.41) is 2.30. The highest BCUT2D eigenvalue weighted by molar-refractivity contribution is 7.99. The summed E-state index contributed by atoms with van der Waals surface area (Å²) in [4.78, 5) is 12.7. The molecule has 1 aromatic carbocycles. The van der Waals surface area contributed by atoms with Gasteiger partial charge in [0.25, 0.3) is 0 Å². The quantitative estimate of drug-likeness (QED) is 0.656. The van der Waals surface area contributed by atoms with Crippen molar-refractivity contribution in [1.82, 2.24) is 9.97 Å². The molecule has 116 valence electrons. The van der Waals surface area contributed by atoms with Gasteiger partial charge in [0.05, 0.1) is 0 Å². The van der Waals surface area contributed by atoms with Gasteiger partial charge in [-0.05, 0) is 43.0 Å². The molecule has 0 saturated carbocycles. The van der Waals surface area contributed by atoms with Gasteiger partial charge in [0.15, 0.2) is 11.5 Å². The first-order valence-corrected chi connectivity index (χ1v) is 9.34. The van der Waals surface area contributed by atoms with Gasteiger partial charge in [0.1, 0.15) is 29.4 Å². The Morgan fingerprint density at radius 3 is 2.91 bits per heavy atom. The first kappa shape index (κ1) is 13.6. The van der Waals surface area contributed by atoms with Crippen molar-refractivity contribution in [2.45, 2.75) is 29.2 Å². The number of hydrogen-bond donors (Lipinski definition) is 0.